The average Bonchev–Trinajstić information content (AvgIpc) is 3.73. The van der Waals surface area contributed by atoms with Crippen LogP contribution in [0.15, 0.2) is 78.9 Å². The molecule has 0 aromatic heterocycles. The zero-order chi connectivity index (χ0) is 23.3. The SMILES string of the molecule is OCCCC(=C(c1ccc(C2CCN(C3CC3)CC2)cc1)c1cccc(O)c1)c1ccccc1. The van der Waals surface area contributed by atoms with Crippen LogP contribution < -0.4 is 0 Å². The van der Waals surface area contributed by atoms with E-state index in [4.69, 9.17) is 0 Å². The largest absolute Gasteiger partial charge is 0.508 e. The first-order valence-electron chi connectivity index (χ1n) is 12.8. The highest BCUT2D eigenvalue weighted by atomic mass is 16.3. The second-order valence-electron chi connectivity index (χ2n) is 9.76. The molecule has 2 N–H and O–H groups in total. The predicted molar refractivity (Wildman–Crippen MR) is 140 cm³/mol. The number of likely N-dealkylation sites (tertiary alicyclic amines) is 1. The molecule has 0 spiro atoms. The molecule has 3 aromatic rings. The van der Waals surface area contributed by atoms with Crippen LogP contribution in [0.5, 0.6) is 5.75 Å². The molecule has 1 saturated carbocycles. The Hall–Kier alpha value is -2.88. The molecular weight excluding hydrogens is 418 g/mol. The van der Waals surface area contributed by atoms with E-state index in [0.29, 0.717) is 12.3 Å². The number of benzene rings is 3. The number of aliphatic hydroxyl groups is 1. The summed E-state index contributed by atoms with van der Waals surface area (Å²) in [5, 5.41) is 19.9. The molecule has 0 bridgehead atoms. The zero-order valence-electron chi connectivity index (χ0n) is 19.9. The molecule has 1 aliphatic carbocycles. The van der Waals surface area contributed by atoms with Crippen LogP contribution in [0.1, 0.15) is 66.7 Å². The van der Waals surface area contributed by atoms with Crippen LogP contribution in [-0.4, -0.2) is 40.9 Å². The van der Waals surface area contributed by atoms with Gasteiger partial charge < -0.3 is 15.1 Å². The number of rotatable bonds is 8. The Morgan fingerprint density at radius 1 is 0.765 bits per heavy atom. The lowest BCUT2D eigenvalue weighted by Gasteiger charge is -2.32. The van der Waals surface area contributed by atoms with E-state index in [2.05, 4.69) is 59.5 Å². The van der Waals surface area contributed by atoms with Crippen LogP contribution in [0.25, 0.3) is 11.1 Å². The van der Waals surface area contributed by atoms with Gasteiger partial charge in [0.1, 0.15) is 5.75 Å². The average molecular weight is 454 g/mol. The Labute approximate surface area is 203 Å². The van der Waals surface area contributed by atoms with Crippen LogP contribution in [-0.2, 0) is 0 Å². The number of allylic oxidation sites excluding steroid dienone is 1. The van der Waals surface area contributed by atoms with Gasteiger partial charge in [0, 0.05) is 12.6 Å². The van der Waals surface area contributed by atoms with Gasteiger partial charge in [-0.05, 0) is 103 Å². The lowest BCUT2D eigenvalue weighted by atomic mass is 9.85. The molecule has 1 saturated heterocycles. The Bertz CT molecular complexity index is 1110. The van der Waals surface area contributed by atoms with E-state index in [9.17, 15) is 10.2 Å². The van der Waals surface area contributed by atoms with E-state index in [1.165, 1.54) is 49.9 Å². The van der Waals surface area contributed by atoms with Crippen molar-refractivity contribution in [3.05, 3.63) is 101 Å². The van der Waals surface area contributed by atoms with Crippen LogP contribution in [0.2, 0.25) is 0 Å². The van der Waals surface area contributed by atoms with Gasteiger partial charge in [0.2, 0.25) is 0 Å². The van der Waals surface area contributed by atoms with Gasteiger partial charge in [0.15, 0.2) is 0 Å². The minimum Gasteiger partial charge on any atom is -0.508 e. The topological polar surface area (TPSA) is 43.7 Å². The van der Waals surface area contributed by atoms with Crippen molar-refractivity contribution in [1.29, 1.82) is 0 Å². The molecule has 1 aliphatic heterocycles. The normalized spacial score (nSPS) is 18.0. The van der Waals surface area contributed by atoms with Crippen LogP contribution in [0.4, 0.5) is 0 Å². The third kappa shape index (κ3) is 5.27. The number of phenolic OH excluding ortho intramolecular Hbond substituents is 1. The van der Waals surface area contributed by atoms with Gasteiger partial charge >= 0.3 is 0 Å². The Morgan fingerprint density at radius 3 is 2.12 bits per heavy atom. The Kier molecular flexibility index (Phi) is 7.13. The highest BCUT2D eigenvalue weighted by Crippen LogP contribution is 2.38. The molecule has 3 nitrogen and oxygen atoms in total. The third-order valence-electron chi connectivity index (χ3n) is 7.41. The fourth-order valence-electron chi connectivity index (χ4n) is 5.44. The molecular formula is C31H35NO2. The van der Waals surface area contributed by atoms with Crippen molar-refractivity contribution in [2.45, 2.75) is 50.5 Å². The molecule has 0 radical (unpaired) electrons. The highest BCUT2D eigenvalue weighted by molar-refractivity contribution is 5.98. The second kappa shape index (κ2) is 10.6. The summed E-state index contributed by atoms with van der Waals surface area (Å²) in [6, 6.07) is 28.0. The van der Waals surface area contributed by atoms with E-state index < -0.39 is 0 Å². The quantitative estimate of drug-likeness (QED) is 0.384. The van der Waals surface area contributed by atoms with E-state index in [1.54, 1.807) is 6.07 Å². The molecule has 3 heteroatoms. The lowest BCUT2D eigenvalue weighted by molar-refractivity contribution is 0.203. The monoisotopic (exact) mass is 453 g/mol. The molecule has 176 valence electrons. The van der Waals surface area contributed by atoms with Crippen molar-refractivity contribution in [3.8, 4) is 5.75 Å². The van der Waals surface area contributed by atoms with E-state index in [-0.39, 0.29) is 12.4 Å². The zero-order valence-corrected chi connectivity index (χ0v) is 19.9. The van der Waals surface area contributed by atoms with Crippen molar-refractivity contribution in [3.63, 3.8) is 0 Å². The summed E-state index contributed by atoms with van der Waals surface area (Å²) in [6.07, 6.45) is 6.75. The summed E-state index contributed by atoms with van der Waals surface area (Å²) in [5.74, 6) is 0.906. The first-order chi connectivity index (χ1) is 16.7. The van der Waals surface area contributed by atoms with Crippen LogP contribution >= 0.6 is 0 Å². The second-order valence-corrected chi connectivity index (χ2v) is 9.76. The summed E-state index contributed by atoms with van der Waals surface area (Å²) in [7, 11) is 0. The van der Waals surface area contributed by atoms with E-state index in [1.807, 2.05) is 18.2 Å². The standard InChI is InChI=1S/C31H35NO2/c33-21-5-10-30(25-6-2-1-3-7-25)31(27-8-4-9-29(34)22-27)26-13-11-23(12-14-26)24-17-19-32(20-18-24)28-15-16-28/h1-4,6-9,11-14,22,24,28,33-34H,5,10,15-21H2. The minimum atomic E-state index is 0.155. The van der Waals surface area contributed by atoms with Gasteiger partial charge in [-0.25, -0.2) is 0 Å². The number of phenols is 1. The number of hydrogen-bond acceptors (Lipinski definition) is 3. The number of nitrogens with zero attached hydrogens (tertiary/aromatic N) is 1. The first-order valence-corrected chi connectivity index (χ1v) is 12.8. The highest BCUT2D eigenvalue weighted by Gasteiger charge is 2.32. The van der Waals surface area contributed by atoms with Crippen molar-refractivity contribution >= 4 is 11.1 Å². The maximum Gasteiger partial charge on any atom is 0.116 e. The fraction of sp³-hybridized carbons (Fsp3) is 0.355. The predicted octanol–water partition coefficient (Wildman–Crippen LogP) is 6.47. The maximum atomic E-state index is 10.2. The lowest BCUT2D eigenvalue weighted by Crippen LogP contribution is -2.34. The van der Waals surface area contributed by atoms with Crippen molar-refractivity contribution in [2.24, 2.45) is 0 Å². The maximum absolute atomic E-state index is 10.2. The van der Waals surface area contributed by atoms with E-state index >= 15 is 0 Å². The smallest absolute Gasteiger partial charge is 0.116 e. The summed E-state index contributed by atoms with van der Waals surface area (Å²) in [4.78, 5) is 2.68. The Morgan fingerprint density at radius 2 is 1.47 bits per heavy atom. The molecule has 2 fully saturated rings. The van der Waals surface area contributed by atoms with Crippen molar-refractivity contribution in [2.75, 3.05) is 19.7 Å². The molecule has 0 amide bonds. The van der Waals surface area contributed by atoms with Gasteiger partial charge in [-0.2, -0.15) is 0 Å². The molecule has 2 aliphatic rings. The molecule has 34 heavy (non-hydrogen) atoms. The number of piperidine rings is 1. The summed E-state index contributed by atoms with van der Waals surface area (Å²) in [6.45, 7) is 2.61. The van der Waals surface area contributed by atoms with Gasteiger partial charge in [-0.1, -0.05) is 66.7 Å². The Balaban J connectivity index is 1.50. The summed E-state index contributed by atoms with van der Waals surface area (Å²) in [5.41, 5.74) is 7.08. The van der Waals surface area contributed by atoms with E-state index in [0.717, 1.165) is 34.7 Å². The number of aromatic hydroxyl groups is 1. The fourth-order valence-corrected chi connectivity index (χ4v) is 5.44. The van der Waals surface area contributed by atoms with Gasteiger partial charge in [-0.15, -0.1) is 0 Å². The van der Waals surface area contributed by atoms with Crippen molar-refractivity contribution in [1.82, 2.24) is 4.90 Å². The molecule has 0 atom stereocenters. The molecule has 1 heterocycles. The molecule has 5 rings (SSSR count). The third-order valence-corrected chi connectivity index (χ3v) is 7.41. The van der Waals surface area contributed by atoms with Gasteiger partial charge in [0.25, 0.3) is 0 Å². The molecule has 0 unspecified atom stereocenters. The summed E-state index contributed by atoms with van der Waals surface area (Å²) < 4.78 is 0. The van der Waals surface area contributed by atoms with Crippen molar-refractivity contribution < 1.29 is 10.2 Å². The first kappa shape index (κ1) is 22.9. The van der Waals surface area contributed by atoms with Gasteiger partial charge in [-0.3, -0.25) is 0 Å². The van der Waals surface area contributed by atoms with Gasteiger partial charge in [0.05, 0.1) is 0 Å². The van der Waals surface area contributed by atoms with Crippen LogP contribution in [0.3, 0.4) is 0 Å². The van der Waals surface area contributed by atoms with Crippen LogP contribution in [0, 0.1) is 0 Å². The number of aliphatic hydroxyl groups excluding tert-OH is 1. The number of hydrogen-bond donors (Lipinski definition) is 2. The molecule has 3 aromatic carbocycles. The summed E-state index contributed by atoms with van der Waals surface area (Å²) >= 11 is 0. The minimum absolute atomic E-state index is 0.155.